The van der Waals surface area contributed by atoms with Crippen molar-refractivity contribution in [1.29, 1.82) is 0 Å². The van der Waals surface area contributed by atoms with Crippen LogP contribution in [0, 0.1) is 0 Å². The fraction of sp³-hybridized carbons (Fsp3) is 0.417. The molecule has 1 atom stereocenters. The number of carboxylic acids is 1. The van der Waals surface area contributed by atoms with Gasteiger partial charge in [-0.05, 0) is 26.0 Å². The van der Waals surface area contributed by atoms with Gasteiger partial charge in [-0.3, -0.25) is 19.7 Å². The van der Waals surface area contributed by atoms with E-state index in [4.69, 9.17) is 15.3 Å². The van der Waals surface area contributed by atoms with Gasteiger partial charge in [0.25, 0.3) is 5.91 Å². The lowest BCUT2D eigenvalue weighted by Gasteiger charge is -2.27. The molecule has 7 nitrogen and oxygen atoms in total. The smallest absolute Gasteiger partial charge is 0.321 e. The molecule has 20 heavy (non-hydrogen) atoms. The molecule has 8 heteroatoms. The van der Waals surface area contributed by atoms with Crippen molar-refractivity contribution in [3.8, 4) is 0 Å². The normalized spacial score (nSPS) is 12.8. The molecule has 0 radical (unpaired) electrons. The van der Waals surface area contributed by atoms with Crippen molar-refractivity contribution in [3.05, 3.63) is 24.2 Å². The zero-order valence-corrected chi connectivity index (χ0v) is 11.9. The molecule has 0 fully saturated rings. The lowest BCUT2D eigenvalue weighted by Crippen LogP contribution is -2.47. The Hall–Kier alpha value is -1.80. The summed E-state index contributed by atoms with van der Waals surface area (Å²) >= 11 is 1.06. The SMILES string of the molecule is CC(C)(SCC(=O)NC(=O)c1ccco1)[C@H](N)C(=O)O. The van der Waals surface area contributed by atoms with Crippen LogP contribution in [0.1, 0.15) is 24.4 Å². The average molecular weight is 300 g/mol. The number of furan rings is 1. The van der Waals surface area contributed by atoms with Gasteiger partial charge in [-0.2, -0.15) is 0 Å². The highest BCUT2D eigenvalue weighted by Gasteiger charge is 2.33. The molecule has 1 heterocycles. The Morgan fingerprint density at radius 1 is 1.50 bits per heavy atom. The van der Waals surface area contributed by atoms with Crippen molar-refractivity contribution in [2.45, 2.75) is 24.6 Å². The number of carboxylic acid groups (broad SMARTS) is 1. The summed E-state index contributed by atoms with van der Waals surface area (Å²) in [6.45, 7) is 3.25. The van der Waals surface area contributed by atoms with E-state index in [1.165, 1.54) is 18.4 Å². The van der Waals surface area contributed by atoms with Gasteiger partial charge in [0.2, 0.25) is 5.91 Å². The fourth-order valence-corrected chi connectivity index (χ4v) is 2.13. The van der Waals surface area contributed by atoms with Crippen LogP contribution in [0.3, 0.4) is 0 Å². The lowest BCUT2D eigenvalue weighted by molar-refractivity contribution is -0.139. The molecule has 0 aliphatic rings. The number of carbonyl (C=O) groups excluding carboxylic acids is 2. The van der Waals surface area contributed by atoms with Gasteiger partial charge in [-0.1, -0.05) is 0 Å². The maximum absolute atomic E-state index is 11.6. The maximum Gasteiger partial charge on any atom is 0.321 e. The summed E-state index contributed by atoms with van der Waals surface area (Å²) in [7, 11) is 0. The quantitative estimate of drug-likeness (QED) is 0.697. The highest BCUT2D eigenvalue weighted by atomic mass is 32.2. The number of hydrogen-bond donors (Lipinski definition) is 3. The first-order valence-corrected chi connectivity index (χ1v) is 6.72. The zero-order chi connectivity index (χ0) is 15.3. The van der Waals surface area contributed by atoms with Crippen LogP contribution < -0.4 is 11.1 Å². The van der Waals surface area contributed by atoms with Gasteiger partial charge < -0.3 is 15.3 Å². The molecular formula is C12H16N2O5S. The molecule has 0 aliphatic heterocycles. The fourth-order valence-electron chi connectivity index (χ4n) is 1.27. The minimum atomic E-state index is -1.14. The number of amides is 2. The maximum atomic E-state index is 11.6. The Balaban J connectivity index is 2.47. The van der Waals surface area contributed by atoms with Crippen molar-refractivity contribution in [2.24, 2.45) is 5.73 Å². The Morgan fingerprint density at radius 3 is 2.65 bits per heavy atom. The molecule has 1 aromatic heterocycles. The van der Waals surface area contributed by atoms with Crippen molar-refractivity contribution in [3.63, 3.8) is 0 Å². The van der Waals surface area contributed by atoms with E-state index in [1.807, 2.05) is 0 Å². The van der Waals surface area contributed by atoms with Gasteiger partial charge in [0.05, 0.1) is 12.0 Å². The minimum Gasteiger partial charge on any atom is -0.480 e. The van der Waals surface area contributed by atoms with Crippen LogP contribution in [-0.2, 0) is 9.59 Å². The van der Waals surface area contributed by atoms with Crippen LogP contribution in [0.25, 0.3) is 0 Å². The van der Waals surface area contributed by atoms with Crippen molar-refractivity contribution in [2.75, 3.05) is 5.75 Å². The van der Waals surface area contributed by atoms with Gasteiger partial charge in [0.1, 0.15) is 6.04 Å². The molecule has 0 saturated heterocycles. The summed E-state index contributed by atoms with van der Waals surface area (Å²) in [4.78, 5) is 34.0. The molecule has 0 aliphatic carbocycles. The highest BCUT2D eigenvalue weighted by Crippen LogP contribution is 2.27. The number of thioether (sulfide) groups is 1. The summed E-state index contributed by atoms with van der Waals surface area (Å²) in [6, 6.07) is 1.85. The van der Waals surface area contributed by atoms with Crippen LogP contribution in [0.5, 0.6) is 0 Å². The predicted octanol–water partition coefficient (Wildman–Crippen LogP) is 0.460. The number of carbonyl (C=O) groups is 3. The van der Waals surface area contributed by atoms with Gasteiger partial charge in [0, 0.05) is 4.75 Å². The summed E-state index contributed by atoms with van der Waals surface area (Å²) in [5.74, 6) is -2.37. The number of aliphatic carboxylic acids is 1. The van der Waals surface area contributed by atoms with Crippen molar-refractivity contribution >= 4 is 29.5 Å². The summed E-state index contributed by atoms with van der Waals surface area (Å²) in [6.07, 6.45) is 1.32. The van der Waals surface area contributed by atoms with Crippen molar-refractivity contribution in [1.82, 2.24) is 5.32 Å². The Morgan fingerprint density at radius 2 is 2.15 bits per heavy atom. The first-order valence-electron chi connectivity index (χ1n) is 5.74. The second kappa shape index (κ2) is 6.58. The van der Waals surface area contributed by atoms with E-state index < -0.39 is 28.6 Å². The number of rotatable bonds is 6. The Bertz CT molecular complexity index is 498. The number of imide groups is 1. The second-order valence-electron chi connectivity index (χ2n) is 4.56. The molecule has 0 unspecified atom stereocenters. The summed E-state index contributed by atoms with van der Waals surface area (Å²) in [5.41, 5.74) is 5.52. The van der Waals surface area contributed by atoms with Crippen LogP contribution >= 0.6 is 11.8 Å². The molecule has 1 rings (SSSR count). The van der Waals surface area contributed by atoms with E-state index >= 15 is 0 Å². The third-order valence-corrected chi connectivity index (χ3v) is 3.99. The molecular weight excluding hydrogens is 284 g/mol. The van der Waals surface area contributed by atoms with Crippen LogP contribution in [0.15, 0.2) is 22.8 Å². The van der Waals surface area contributed by atoms with E-state index in [1.54, 1.807) is 13.8 Å². The van der Waals surface area contributed by atoms with Crippen LogP contribution in [0.2, 0.25) is 0 Å². The minimum absolute atomic E-state index is 0.0323. The first-order chi connectivity index (χ1) is 9.24. The van der Waals surface area contributed by atoms with E-state index in [0.29, 0.717) is 0 Å². The second-order valence-corrected chi connectivity index (χ2v) is 6.19. The van der Waals surface area contributed by atoms with Gasteiger partial charge in [0.15, 0.2) is 5.76 Å². The number of nitrogens with two attached hydrogens (primary N) is 1. The molecule has 0 bridgehead atoms. The molecule has 2 amide bonds. The molecule has 0 aromatic carbocycles. The molecule has 4 N–H and O–H groups in total. The molecule has 0 spiro atoms. The monoisotopic (exact) mass is 300 g/mol. The topological polar surface area (TPSA) is 123 Å². The average Bonchev–Trinajstić information content (AvgIpc) is 2.89. The van der Waals surface area contributed by atoms with Crippen LogP contribution in [-0.4, -0.2) is 39.4 Å². The highest BCUT2D eigenvalue weighted by molar-refractivity contribution is 8.01. The summed E-state index contributed by atoms with van der Waals surface area (Å²) < 4.78 is 4.01. The lowest BCUT2D eigenvalue weighted by atomic mass is 10.1. The van der Waals surface area contributed by atoms with E-state index in [9.17, 15) is 14.4 Å². The zero-order valence-electron chi connectivity index (χ0n) is 11.1. The van der Waals surface area contributed by atoms with Crippen LogP contribution in [0.4, 0.5) is 0 Å². The van der Waals surface area contributed by atoms with E-state index in [-0.39, 0.29) is 11.5 Å². The summed E-state index contributed by atoms with van der Waals surface area (Å²) in [5, 5.41) is 11.0. The largest absolute Gasteiger partial charge is 0.480 e. The number of nitrogens with one attached hydrogen (secondary N) is 1. The van der Waals surface area contributed by atoms with Gasteiger partial charge >= 0.3 is 5.97 Å². The standard InChI is InChI=1S/C12H16N2O5S/c1-12(2,9(13)11(17)18)20-6-8(15)14-10(16)7-4-3-5-19-7/h3-5,9H,6,13H2,1-2H3,(H,17,18)(H,14,15,16)/t9-/m1/s1. The number of hydrogen-bond acceptors (Lipinski definition) is 6. The van der Waals surface area contributed by atoms with Gasteiger partial charge in [-0.15, -0.1) is 11.8 Å². The molecule has 0 saturated carbocycles. The van der Waals surface area contributed by atoms with Gasteiger partial charge in [-0.25, -0.2) is 0 Å². The Kier molecular flexibility index (Phi) is 5.34. The Labute approximate surface area is 119 Å². The predicted molar refractivity (Wildman–Crippen MR) is 73.3 cm³/mol. The molecule has 110 valence electrons. The van der Waals surface area contributed by atoms with E-state index in [2.05, 4.69) is 5.32 Å². The third kappa shape index (κ3) is 4.39. The third-order valence-electron chi connectivity index (χ3n) is 2.59. The van der Waals surface area contributed by atoms with Crippen molar-refractivity contribution < 1.29 is 23.9 Å². The first kappa shape index (κ1) is 16.3. The van der Waals surface area contributed by atoms with E-state index in [0.717, 1.165) is 11.8 Å². The molecule has 1 aromatic rings.